The third-order valence-electron chi connectivity index (χ3n) is 4.19. The summed E-state index contributed by atoms with van der Waals surface area (Å²) in [5.41, 5.74) is 2.02. The van der Waals surface area contributed by atoms with Crippen molar-refractivity contribution >= 4 is 17.4 Å². The zero-order valence-corrected chi connectivity index (χ0v) is 13.4. The van der Waals surface area contributed by atoms with Crippen molar-refractivity contribution in [3.63, 3.8) is 0 Å². The van der Waals surface area contributed by atoms with Crippen molar-refractivity contribution in [2.24, 2.45) is 5.41 Å². The van der Waals surface area contributed by atoms with Gasteiger partial charge in [0.1, 0.15) is 5.82 Å². The second kappa shape index (κ2) is 6.63. The van der Waals surface area contributed by atoms with Crippen LogP contribution in [0.5, 0.6) is 0 Å². The van der Waals surface area contributed by atoms with Crippen molar-refractivity contribution in [3.8, 4) is 11.3 Å². The van der Waals surface area contributed by atoms with Crippen LogP contribution in [0.1, 0.15) is 19.8 Å². The lowest BCUT2D eigenvalue weighted by atomic mass is 9.82. The maximum atomic E-state index is 6.20. The summed E-state index contributed by atoms with van der Waals surface area (Å²) in [6.45, 7) is 4.89. The molecule has 5 heteroatoms. The predicted molar refractivity (Wildman–Crippen MR) is 89.1 cm³/mol. The van der Waals surface area contributed by atoms with Crippen LogP contribution in [0.3, 0.4) is 0 Å². The average Bonchev–Trinajstić information content (AvgIpc) is 2.55. The van der Waals surface area contributed by atoms with Gasteiger partial charge < -0.3 is 10.1 Å². The van der Waals surface area contributed by atoms with Gasteiger partial charge in [0.25, 0.3) is 0 Å². The Morgan fingerprint density at radius 1 is 1.27 bits per heavy atom. The molecule has 1 saturated heterocycles. The molecule has 22 heavy (non-hydrogen) atoms. The largest absolute Gasteiger partial charge is 0.381 e. The van der Waals surface area contributed by atoms with Gasteiger partial charge in [0.2, 0.25) is 0 Å². The standard InChI is InChI=1S/C17H20ClN3O/c1-17(6-9-22-10-7-17)12-20-16-4-2-3-15(21-16)13-5-8-19-11-14(13)18/h2-5,8,11H,6-7,9-10,12H2,1H3,(H,20,21). The molecular weight excluding hydrogens is 298 g/mol. The lowest BCUT2D eigenvalue weighted by molar-refractivity contribution is 0.0300. The quantitative estimate of drug-likeness (QED) is 0.925. The summed E-state index contributed by atoms with van der Waals surface area (Å²) < 4.78 is 5.44. The minimum absolute atomic E-state index is 0.268. The Hall–Kier alpha value is -1.65. The van der Waals surface area contributed by atoms with Crippen LogP contribution in [0.15, 0.2) is 36.7 Å². The topological polar surface area (TPSA) is 47.0 Å². The van der Waals surface area contributed by atoms with Crippen LogP contribution < -0.4 is 5.32 Å². The summed E-state index contributed by atoms with van der Waals surface area (Å²) in [5, 5.41) is 4.07. The van der Waals surface area contributed by atoms with Gasteiger partial charge in [-0.05, 0) is 36.5 Å². The lowest BCUT2D eigenvalue weighted by Crippen LogP contribution is -2.33. The molecule has 0 spiro atoms. The minimum Gasteiger partial charge on any atom is -0.381 e. The van der Waals surface area contributed by atoms with Gasteiger partial charge in [0.15, 0.2) is 0 Å². The third kappa shape index (κ3) is 3.57. The number of hydrogen-bond acceptors (Lipinski definition) is 4. The van der Waals surface area contributed by atoms with Crippen LogP contribution in [0.4, 0.5) is 5.82 Å². The normalized spacial score (nSPS) is 17.2. The molecule has 1 N–H and O–H groups in total. The number of rotatable bonds is 4. The Labute approximate surface area is 135 Å². The molecule has 0 atom stereocenters. The third-order valence-corrected chi connectivity index (χ3v) is 4.49. The van der Waals surface area contributed by atoms with Crippen molar-refractivity contribution in [2.75, 3.05) is 25.1 Å². The average molecular weight is 318 g/mol. The van der Waals surface area contributed by atoms with Crippen LogP contribution in [0.25, 0.3) is 11.3 Å². The molecule has 1 aliphatic heterocycles. The van der Waals surface area contributed by atoms with Gasteiger partial charge in [-0.15, -0.1) is 0 Å². The smallest absolute Gasteiger partial charge is 0.126 e. The first-order valence-corrected chi connectivity index (χ1v) is 7.93. The Balaban J connectivity index is 1.73. The van der Waals surface area contributed by atoms with E-state index in [1.807, 2.05) is 24.3 Å². The highest BCUT2D eigenvalue weighted by atomic mass is 35.5. The SMILES string of the molecule is CC1(CNc2cccc(-c3ccncc3Cl)n2)CCOCC1. The summed E-state index contributed by atoms with van der Waals surface area (Å²) in [6.07, 6.45) is 5.53. The number of nitrogens with zero attached hydrogens (tertiary/aromatic N) is 2. The van der Waals surface area contributed by atoms with E-state index in [1.165, 1.54) is 0 Å². The highest BCUT2D eigenvalue weighted by Crippen LogP contribution is 2.30. The number of pyridine rings is 2. The second-order valence-corrected chi connectivity index (χ2v) is 6.45. The van der Waals surface area contributed by atoms with Gasteiger partial charge in [-0.2, -0.15) is 0 Å². The first kappa shape index (κ1) is 15.3. The summed E-state index contributed by atoms with van der Waals surface area (Å²) in [4.78, 5) is 8.68. The molecule has 0 aliphatic carbocycles. The Kier molecular flexibility index (Phi) is 4.60. The number of anilines is 1. The molecule has 3 rings (SSSR count). The molecule has 1 aliphatic rings. The van der Waals surface area contributed by atoms with Crippen molar-refractivity contribution in [1.29, 1.82) is 0 Å². The minimum atomic E-state index is 0.268. The highest BCUT2D eigenvalue weighted by molar-refractivity contribution is 6.33. The lowest BCUT2D eigenvalue weighted by Gasteiger charge is -2.33. The molecule has 0 radical (unpaired) electrons. The van der Waals surface area contributed by atoms with E-state index in [2.05, 4.69) is 22.2 Å². The molecule has 0 bridgehead atoms. The van der Waals surface area contributed by atoms with Crippen LogP contribution in [-0.2, 0) is 4.74 Å². The maximum absolute atomic E-state index is 6.20. The molecule has 4 nitrogen and oxygen atoms in total. The van der Waals surface area contributed by atoms with E-state index in [0.717, 1.165) is 49.7 Å². The number of nitrogens with one attached hydrogen (secondary N) is 1. The summed E-state index contributed by atoms with van der Waals surface area (Å²) >= 11 is 6.20. The van der Waals surface area contributed by atoms with Gasteiger partial charge >= 0.3 is 0 Å². The van der Waals surface area contributed by atoms with Crippen molar-refractivity contribution in [1.82, 2.24) is 9.97 Å². The van der Waals surface area contributed by atoms with Gasteiger partial charge in [0, 0.05) is 37.7 Å². The molecule has 0 amide bonds. The van der Waals surface area contributed by atoms with Crippen molar-refractivity contribution in [3.05, 3.63) is 41.7 Å². The predicted octanol–water partition coefficient (Wildman–Crippen LogP) is 4.03. The zero-order chi connectivity index (χ0) is 15.4. The second-order valence-electron chi connectivity index (χ2n) is 6.04. The van der Waals surface area contributed by atoms with Gasteiger partial charge in [0.05, 0.1) is 10.7 Å². The molecule has 3 heterocycles. The van der Waals surface area contributed by atoms with E-state index < -0.39 is 0 Å². The van der Waals surface area contributed by atoms with Crippen molar-refractivity contribution in [2.45, 2.75) is 19.8 Å². The van der Waals surface area contributed by atoms with E-state index in [0.29, 0.717) is 5.02 Å². The van der Waals surface area contributed by atoms with E-state index >= 15 is 0 Å². The molecule has 116 valence electrons. The number of ether oxygens (including phenoxy) is 1. The molecule has 0 unspecified atom stereocenters. The fraction of sp³-hybridized carbons (Fsp3) is 0.412. The Morgan fingerprint density at radius 3 is 2.86 bits per heavy atom. The maximum Gasteiger partial charge on any atom is 0.126 e. The van der Waals surface area contributed by atoms with Crippen LogP contribution >= 0.6 is 11.6 Å². The number of halogens is 1. The first-order chi connectivity index (χ1) is 10.7. The summed E-state index contributed by atoms with van der Waals surface area (Å²) in [6, 6.07) is 7.83. The zero-order valence-electron chi connectivity index (χ0n) is 12.7. The molecular formula is C17H20ClN3O. The summed E-state index contributed by atoms with van der Waals surface area (Å²) in [5.74, 6) is 0.873. The fourth-order valence-electron chi connectivity index (χ4n) is 2.61. The summed E-state index contributed by atoms with van der Waals surface area (Å²) in [7, 11) is 0. The monoisotopic (exact) mass is 317 g/mol. The molecule has 2 aromatic rings. The number of hydrogen-bond donors (Lipinski definition) is 1. The van der Waals surface area contributed by atoms with E-state index in [4.69, 9.17) is 16.3 Å². The molecule has 1 fully saturated rings. The van der Waals surface area contributed by atoms with E-state index in [-0.39, 0.29) is 5.41 Å². The van der Waals surface area contributed by atoms with Crippen LogP contribution in [0.2, 0.25) is 5.02 Å². The van der Waals surface area contributed by atoms with E-state index in [1.54, 1.807) is 12.4 Å². The Bertz CT molecular complexity index is 641. The fourth-order valence-corrected chi connectivity index (χ4v) is 2.83. The number of aromatic nitrogens is 2. The van der Waals surface area contributed by atoms with Gasteiger partial charge in [-0.25, -0.2) is 4.98 Å². The molecule has 0 saturated carbocycles. The highest BCUT2D eigenvalue weighted by Gasteiger charge is 2.27. The molecule has 0 aromatic carbocycles. The van der Waals surface area contributed by atoms with Crippen LogP contribution in [0, 0.1) is 5.41 Å². The van der Waals surface area contributed by atoms with Crippen LogP contribution in [-0.4, -0.2) is 29.7 Å². The Morgan fingerprint density at radius 2 is 2.09 bits per heavy atom. The van der Waals surface area contributed by atoms with Gasteiger partial charge in [-0.1, -0.05) is 24.6 Å². The first-order valence-electron chi connectivity index (χ1n) is 7.55. The molecule has 2 aromatic heterocycles. The van der Waals surface area contributed by atoms with E-state index in [9.17, 15) is 0 Å². The van der Waals surface area contributed by atoms with Gasteiger partial charge in [-0.3, -0.25) is 4.98 Å². The van der Waals surface area contributed by atoms with Crippen molar-refractivity contribution < 1.29 is 4.74 Å².